The first kappa shape index (κ1) is 30.7. The third-order valence-electron chi connectivity index (χ3n) is 10.3. The van der Waals surface area contributed by atoms with E-state index in [1.54, 1.807) is 11.3 Å². The minimum absolute atomic E-state index is 0.610. The average molecular weight is 708 g/mol. The van der Waals surface area contributed by atoms with Crippen LogP contribution in [0.3, 0.4) is 0 Å². The Labute approximate surface area is 314 Å². The summed E-state index contributed by atoms with van der Waals surface area (Å²) in [7, 11) is 0. The number of rotatable bonds is 5. The Morgan fingerprint density at radius 2 is 0.907 bits per heavy atom. The molecule has 0 bridgehead atoms. The summed E-state index contributed by atoms with van der Waals surface area (Å²) < 4.78 is 7.61. The first-order valence-electron chi connectivity index (χ1n) is 18.0. The topological polar surface area (TPSA) is 51.8 Å². The summed E-state index contributed by atoms with van der Waals surface area (Å²) >= 11 is 1.81. The van der Waals surface area contributed by atoms with Gasteiger partial charge in [0.1, 0.15) is 11.2 Å². The summed E-state index contributed by atoms with van der Waals surface area (Å²) in [6.45, 7) is 0. The van der Waals surface area contributed by atoms with E-state index in [0.717, 1.165) is 49.6 Å². The van der Waals surface area contributed by atoms with Gasteiger partial charge < -0.3 is 4.42 Å². The molecule has 0 amide bonds. The first-order chi connectivity index (χ1) is 26.7. The van der Waals surface area contributed by atoms with E-state index in [1.807, 2.05) is 12.1 Å². The van der Waals surface area contributed by atoms with Crippen LogP contribution in [0.1, 0.15) is 0 Å². The molecule has 0 N–H and O–H groups in total. The van der Waals surface area contributed by atoms with Crippen molar-refractivity contribution >= 4 is 64.9 Å². The van der Waals surface area contributed by atoms with E-state index in [4.69, 9.17) is 19.4 Å². The molecule has 0 spiro atoms. The lowest BCUT2D eigenvalue weighted by molar-refractivity contribution is 0.669. The number of furan rings is 1. The maximum Gasteiger partial charge on any atom is 0.164 e. The van der Waals surface area contributed by atoms with E-state index in [9.17, 15) is 0 Å². The smallest absolute Gasteiger partial charge is 0.164 e. The Hall–Kier alpha value is -6.95. The van der Waals surface area contributed by atoms with Crippen molar-refractivity contribution < 1.29 is 4.42 Å². The lowest BCUT2D eigenvalue weighted by Gasteiger charge is -2.10. The first-order valence-corrected chi connectivity index (χ1v) is 18.8. The normalized spacial score (nSPS) is 11.7. The van der Waals surface area contributed by atoms with Crippen LogP contribution < -0.4 is 0 Å². The SMILES string of the molecule is c1ccc2cc3c(cc2c1)oc1ccc(-c2nc(-c4ccc(-c5cc6ccccc6s5)cc4)nc(-c4ccc(-c5cccc6ccccc56)cc4)n2)cc13. The molecule has 0 aliphatic heterocycles. The predicted molar refractivity (Wildman–Crippen MR) is 225 cm³/mol. The summed E-state index contributed by atoms with van der Waals surface area (Å²) in [4.78, 5) is 16.5. The van der Waals surface area contributed by atoms with E-state index >= 15 is 0 Å². The van der Waals surface area contributed by atoms with Crippen LogP contribution in [0.15, 0.2) is 180 Å². The van der Waals surface area contributed by atoms with Crippen LogP contribution in [0.5, 0.6) is 0 Å². The van der Waals surface area contributed by atoms with Crippen LogP contribution in [0.25, 0.3) is 109 Å². The van der Waals surface area contributed by atoms with Crippen molar-refractivity contribution in [1.29, 1.82) is 0 Å². The highest BCUT2D eigenvalue weighted by molar-refractivity contribution is 7.22. The molecule has 0 aliphatic carbocycles. The molecule has 8 aromatic carbocycles. The lowest BCUT2D eigenvalue weighted by Crippen LogP contribution is -2.00. The van der Waals surface area contributed by atoms with Crippen LogP contribution in [-0.2, 0) is 0 Å². The van der Waals surface area contributed by atoms with Gasteiger partial charge in [0.05, 0.1) is 0 Å². The molecule has 0 saturated heterocycles. The molecule has 252 valence electrons. The van der Waals surface area contributed by atoms with Crippen molar-refractivity contribution in [3.05, 3.63) is 176 Å². The summed E-state index contributed by atoms with van der Waals surface area (Å²) in [5.41, 5.74) is 7.96. The summed E-state index contributed by atoms with van der Waals surface area (Å²) in [6, 6.07) is 61.8. The van der Waals surface area contributed by atoms with Crippen LogP contribution in [0.4, 0.5) is 0 Å². The van der Waals surface area contributed by atoms with Gasteiger partial charge in [-0.1, -0.05) is 133 Å². The molecule has 0 radical (unpaired) electrons. The van der Waals surface area contributed by atoms with Gasteiger partial charge in [0.2, 0.25) is 0 Å². The number of thiophene rings is 1. The van der Waals surface area contributed by atoms with Crippen molar-refractivity contribution in [2.75, 3.05) is 0 Å². The summed E-state index contributed by atoms with van der Waals surface area (Å²) in [5, 5.41) is 8.14. The third kappa shape index (κ3) is 5.25. The molecule has 0 unspecified atom stereocenters. The molecular weight excluding hydrogens is 679 g/mol. The molecule has 0 aliphatic rings. The Bertz CT molecular complexity index is 3180. The van der Waals surface area contributed by atoms with Crippen LogP contribution >= 0.6 is 11.3 Å². The fraction of sp³-hybridized carbons (Fsp3) is 0. The zero-order chi connectivity index (χ0) is 35.6. The van der Waals surface area contributed by atoms with Crippen LogP contribution in [0, 0.1) is 0 Å². The van der Waals surface area contributed by atoms with Crippen molar-refractivity contribution in [3.8, 4) is 55.7 Å². The molecule has 0 saturated carbocycles. The second-order valence-electron chi connectivity index (χ2n) is 13.6. The maximum absolute atomic E-state index is 6.33. The Morgan fingerprint density at radius 3 is 1.65 bits per heavy atom. The van der Waals surface area contributed by atoms with Crippen LogP contribution in [-0.4, -0.2) is 15.0 Å². The van der Waals surface area contributed by atoms with Crippen molar-refractivity contribution in [2.24, 2.45) is 0 Å². The number of aromatic nitrogens is 3. The summed E-state index contributed by atoms with van der Waals surface area (Å²) in [5.74, 6) is 1.86. The number of fused-ring (bicyclic) bond motifs is 6. The fourth-order valence-electron chi connectivity index (χ4n) is 7.55. The van der Waals surface area contributed by atoms with E-state index in [2.05, 4.69) is 164 Å². The lowest BCUT2D eigenvalue weighted by atomic mass is 9.97. The van der Waals surface area contributed by atoms with Crippen molar-refractivity contribution in [3.63, 3.8) is 0 Å². The molecule has 11 rings (SSSR count). The third-order valence-corrected chi connectivity index (χ3v) is 11.5. The number of benzene rings is 8. The Morgan fingerprint density at radius 1 is 0.352 bits per heavy atom. The molecule has 11 aromatic rings. The zero-order valence-electron chi connectivity index (χ0n) is 28.9. The number of hydrogen-bond donors (Lipinski definition) is 0. The standard InChI is InChI=1S/C49H29N3OS/c1-2-10-36-28-44-42(26-35(36)9-1)41-27-38(24-25-43(41)53-44)49-51-47(33-20-16-31(17-21-33)40-14-7-12-30-8-3-5-13-39(30)40)50-48(52-49)34-22-18-32(19-23-34)46-29-37-11-4-6-15-45(37)54-46/h1-29H. The van der Waals surface area contributed by atoms with Crippen molar-refractivity contribution in [1.82, 2.24) is 15.0 Å². The van der Waals surface area contributed by atoms with Gasteiger partial charge in [-0.25, -0.2) is 15.0 Å². The zero-order valence-corrected chi connectivity index (χ0v) is 29.7. The van der Waals surface area contributed by atoms with Gasteiger partial charge in [0.15, 0.2) is 17.5 Å². The molecule has 5 heteroatoms. The highest BCUT2D eigenvalue weighted by Crippen LogP contribution is 2.37. The largest absolute Gasteiger partial charge is 0.456 e. The fourth-order valence-corrected chi connectivity index (χ4v) is 8.62. The van der Waals surface area contributed by atoms with Gasteiger partial charge in [-0.3, -0.25) is 0 Å². The molecule has 54 heavy (non-hydrogen) atoms. The minimum atomic E-state index is 0.610. The van der Waals surface area contributed by atoms with Gasteiger partial charge in [0, 0.05) is 37.0 Å². The molecule has 3 heterocycles. The van der Waals surface area contributed by atoms with E-state index < -0.39 is 0 Å². The predicted octanol–water partition coefficient (Wildman–Crippen LogP) is 13.6. The quantitative estimate of drug-likeness (QED) is 0.179. The Kier molecular flexibility index (Phi) is 7.00. The van der Waals surface area contributed by atoms with Crippen molar-refractivity contribution in [2.45, 2.75) is 0 Å². The van der Waals surface area contributed by atoms with Gasteiger partial charge in [0.25, 0.3) is 0 Å². The van der Waals surface area contributed by atoms with Gasteiger partial charge in [-0.2, -0.15) is 0 Å². The van der Waals surface area contributed by atoms with E-state index in [-0.39, 0.29) is 0 Å². The second-order valence-corrected chi connectivity index (χ2v) is 14.7. The molecule has 0 fully saturated rings. The summed E-state index contributed by atoms with van der Waals surface area (Å²) in [6.07, 6.45) is 0. The molecule has 3 aromatic heterocycles. The average Bonchev–Trinajstić information content (AvgIpc) is 3.84. The number of hydrogen-bond acceptors (Lipinski definition) is 5. The highest BCUT2D eigenvalue weighted by Gasteiger charge is 2.16. The van der Waals surface area contributed by atoms with Gasteiger partial charge in [-0.05, 0) is 86.1 Å². The Balaban J connectivity index is 1.03. The number of nitrogens with zero attached hydrogens (tertiary/aromatic N) is 3. The highest BCUT2D eigenvalue weighted by atomic mass is 32.1. The van der Waals surface area contributed by atoms with E-state index in [1.165, 1.54) is 42.2 Å². The minimum Gasteiger partial charge on any atom is -0.456 e. The maximum atomic E-state index is 6.33. The van der Waals surface area contributed by atoms with Crippen LogP contribution in [0.2, 0.25) is 0 Å². The molecular formula is C49H29N3OS. The molecule has 0 atom stereocenters. The second kappa shape index (κ2) is 12.3. The van der Waals surface area contributed by atoms with Gasteiger partial charge in [-0.15, -0.1) is 11.3 Å². The van der Waals surface area contributed by atoms with E-state index in [0.29, 0.717) is 17.5 Å². The molecule has 4 nitrogen and oxygen atoms in total. The monoisotopic (exact) mass is 707 g/mol. The van der Waals surface area contributed by atoms with Gasteiger partial charge >= 0.3 is 0 Å².